The van der Waals surface area contributed by atoms with Crippen molar-refractivity contribution in [3.05, 3.63) is 78.2 Å². The molecule has 0 spiro atoms. The predicted molar refractivity (Wildman–Crippen MR) is 141 cm³/mol. The largest absolute Gasteiger partial charge is 0.455 e. The Hall–Kier alpha value is -3.33. The van der Waals surface area contributed by atoms with Gasteiger partial charge in [-0.25, -0.2) is 5.43 Å². The van der Waals surface area contributed by atoms with Crippen molar-refractivity contribution in [1.82, 2.24) is 20.4 Å². The van der Waals surface area contributed by atoms with Gasteiger partial charge in [0.2, 0.25) is 5.91 Å². The number of benzene rings is 2. The summed E-state index contributed by atoms with van der Waals surface area (Å²) >= 11 is 1.67. The standard InChI is InChI=1S/C28H30N4O3S/c1-2-5-20(18-33)17-32(30-16-22-14-21-15-29-11-10-23(21)31-22)28(34)13-19-8-9-27-25(12-19)35-24-6-3-4-7-26(24)36-27/h3-4,6-12,14-15,20,30-31,33H,2,5,13,16-18H2,1H3. The number of pyridine rings is 1. The van der Waals surface area contributed by atoms with Crippen molar-refractivity contribution in [3.63, 3.8) is 0 Å². The van der Waals surface area contributed by atoms with E-state index in [4.69, 9.17) is 4.74 Å². The minimum absolute atomic E-state index is 0.0122. The van der Waals surface area contributed by atoms with Crippen molar-refractivity contribution in [2.24, 2.45) is 5.92 Å². The highest BCUT2D eigenvalue weighted by molar-refractivity contribution is 7.99. The maximum absolute atomic E-state index is 13.4. The molecule has 2 aromatic carbocycles. The molecule has 2 aromatic heterocycles. The molecule has 5 rings (SSSR count). The van der Waals surface area contributed by atoms with Crippen LogP contribution >= 0.6 is 11.8 Å². The van der Waals surface area contributed by atoms with E-state index in [1.807, 2.05) is 60.8 Å². The van der Waals surface area contributed by atoms with Gasteiger partial charge in [-0.1, -0.05) is 43.3 Å². The molecule has 1 unspecified atom stereocenters. The minimum Gasteiger partial charge on any atom is -0.455 e. The zero-order valence-electron chi connectivity index (χ0n) is 20.2. The van der Waals surface area contributed by atoms with Gasteiger partial charge in [-0.2, -0.15) is 0 Å². The van der Waals surface area contributed by atoms with Crippen LogP contribution in [0.1, 0.15) is 31.0 Å². The smallest absolute Gasteiger partial charge is 0.241 e. The summed E-state index contributed by atoms with van der Waals surface area (Å²) in [5.41, 5.74) is 6.16. The fraction of sp³-hybridized carbons (Fsp3) is 0.286. The van der Waals surface area contributed by atoms with Gasteiger partial charge in [-0.15, -0.1) is 0 Å². The Bertz CT molecular complexity index is 1320. The second kappa shape index (κ2) is 11.2. The van der Waals surface area contributed by atoms with Crippen molar-refractivity contribution in [3.8, 4) is 11.5 Å². The summed E-state index contributed by atoms with van der Waals surface area (Å²) in [6.07, 6.45) is 5.60. The van der Waals surface area contributed by atoms with E-state index in [2.05, 4.69) is 22.3 Å². The number of para-hydroxylation sites is 1. The number of ether oxygens (including phenoxy) is 1. The lowest BCUT2D eigenvalue weighted by molar-refractivity contribution is -0.135. The first-order chi connectivity index (χ1) is 17.6. The van der Waals surface area contributed by atoms with Crippen molar-refractivity contribution in [2.45, 2.75) is 42.5 Å². The van der Waals surface area contributed by atoms with Gasteiger partial charge in [-0.05, 0) is 48.4 Å². The van der Waals surface area contributed by atoms with E-state index in [0.29, 0.717) is 13.1 Å². The molecule has 8 heteroatoms. The quantitative estimate of drug-likeness (QED) is 0.224. The summed E-state index contributed by atoms with van der Waals surface area (Å²) in [7, 11) is 0. The zero-order valence-corrected chi connectivity index (χ0v) is 21.1. The topological polar surface area (TPSA) is 90.5 Å². The number of aromatic nitrogens is 2. The average molecular weight is 503 g/mol. The first kappa shape index (κ1) is 24.4. The van der Waals surface area contributed by atoms with Gasteiger partial charge in [0.15, 0.2) is 0 Å². The normalized spacial score (nSPS) is 13.1. The fourth-order valence-electron chi connectivity index (χ4n) is 4.42. The number of carbonyl (C=O) groups excluding carboxylic acids is 1. The molecule has 3 N–H and O–H groups in total. The molecule has 1 amide bonds. The number of aromatic amines is 1. The van der Waals surface area contributed by atoms with Crippen LogP contribution in [0.2, 0.25) is 0 Å². The van der Waals surface area contributed by atoms with Crippen LogP contribution in [0.4, 0.5) is 0 Å². The highest BCUT2D eigenvalue weighted by Crippen LogP contribution is 2.46. The number of hydrogen-bond acceptors (Lipinski definition) is 6. The second-order valence-electron chi connectivity index (χ2n) is 9.04. The summed E-state index contributed by atoms with van der Waals surface area (Å²) in [6.45, 7) is 3.03. The van der Waals surface area contributed by atoms with Crippen LogP contribution in [0.5, 0.6) is 11.5 Å². The van der Waals surface area contributed by atoms with Gasteiger partial charge in [0, 0.05) is 48.1 Å². The number of hydrazine groups is 1. The van der Waals surface area contributed by atoms with Gasteiger partial charge in [0.25, 0.3) is 0 Å². The Morgan fingerprint density at radius 3 is 2.86 bits per heavy atom. The van der Waals surface area contributed by atoms with Crippen LogP contribution in [-0.4, -0.2) is 39.1 Å². The fourth-order valence-corrected chi connectivity index (χ4v) is 5.35. The molecule has 1 atom stereocenters. The SMILES string of the molecule is CCCC(CO)CN(NCc1cc2cnccc2[nH]1)C(=O)Cc1ccc2c(c1)Oc1ccccc1S2. The molecule has 4 aromatic rings. The van der Waals surface area contributed by atoms with Crippen LogP contribution in [-0.2, 0) is 17.8 Å². The number of rotatable bonds is 10. The lowest BCUT2D eigenvalue weighted by Crippen LogP contribution is -2.46. The summed E-state index contributed by atoms with van der Waals surface area (Å²) in [6, 6.07) is 17.9. The van der Waals surface area contributed by atoms with E-state index >= 15 is 0 Å². The first-order valence-corrected chi connectivity index (χ1v) is 13.1. The van der Waals surface area contributed by atoms with E-state index in [-0.39, 0.29) is 24.9 Å². The molecule has 0 bridgehead atoms. The molecule has 0 saturated heterocycles. The Kier molecular flexibility index (Phi) is 7.55. The van der Waals surface area contributed by atoms with Crippen molar-refractivity contribution in [2.75, 3.05) is 13.2 Å². The van der Waals surface area contributed by atoms with E-state index in [0.717, 1.165) is 56.3 Å². The lowest BCUT2D eigenvalue weighted by Gasteiger charge is -2.27. The van der Waals surface area contributed by atoms with Gasteiger partial charge in [0.05, 0.1) is 22.8 Å². The van der Waals surface area contributed by atoms with Crippen LogP contribution in [0.25, 0.3) is 10.9 Å². The number of nitrogens with zero attached hydrogens (tertiary/aromatic N) is 2. The van der Waals surface area contributed by atoms with Crippen LogP contribution in [0.15, 0.2) is 76.8 Å². The summed E-state index contributed by atoms with van der Waals surface area (Å²) in [4.78, 5) is 23.1. The number of aliphatic hydroxyl groups excluding tert-OH is 1. The van der Waals surface area contributed by atoms with E-state index in [1.165, 1.54) is 0 Å². The van der Waals surface area contributed by atoms with E-state index < -0.39 is 0 Å². The number of aliphatic hydroxyl groups is 1. The average Bonchev–Trinajstić information content (AvgIpc) is 3.32. The van der Waals surface area contributed by atoms with E-state index in [1.54, 1.807) is 23.0 Å². The third-order valence-electron chi connectivity index (χ3n) is 6.29. The predicted octanol–water partition coefficient (Wildman–Crippen LogP) is 5.30. The summed E-state index contributed by atoms with van der Waals surface area (Å²) in [5, 5.41) is 12.6. The summed E-state index contributed by atoms with van der Waals surface area (Å²) in [5.74, 6) is 1.57. The molecule has 0 fully saturated rings. The Labute approximate surface area is 214 Å². The molecule has 0 radical (unpaired) electrons. The summed E-state index contributed by atoms with van der Waals surface area (Å²) < 4.78 is 6.10. The number of H-pyrrole nitrogens is 1. The van der Waals surface area contributed by atoms with E-state index in [9.17, 15) is 9.90 Å². The van der Waals surface area contributed by atoms with Gasteiger partial charge < -0.3 is 14.8 Å². The number of fused-ring (bicyclic) bond motifs is 3. The van der Waals surface area contributed by atoms with Gasteiger partial charge in [-0.3, -0.25) is 14.8 Å². The molecule has 1 aliphatic heterocycles. The molecule has 0 aliphatic carbocycles. The van der Waals surface area contributed by atoms with Gasteiger partial charge >= 0.3 is 0 Å². The third-order valence-corrected chi connectivity index (χ3v) is 7.40. The lowest BCUT2D eigenvalue weighted by atomic mass is 10.0. The molecule has 7 nitrogen and oxygen atoms in total. The zero-order chi connectivity index (χ0) is 24.9. The third kappa shape index (κ3) is 5.56. The number of amides is 1. The van der Waals surface area contributed by atoms with Crippen molar-refractivity contribution >= 4 is 28.6 Å². The Morgan fingerprint density at radius 1 is 1.17 bits per heavy atom. The Morgan fingerprint density at radius 2 is 2.03 bits per heavy atom. The van der Waals surface area contributed by atoms with Gasteiger partial charge in [0.1, 0.15) is 11.5 Å². The second-order valence-corrected chi connectivity index (χ2v) is 10.1. The number of carbonyl (C=O) groups is 1. The molecule has 36 heavy (non-hydrogen) atoms. The first-order valence-electron chi connectivity index (χ1n) is 12.3. The van der Waals surface area contributed by atoms with Crippen molar-refractivity contribution in [1.29, 1.82) is 0 Å². The maximum atomic E-state index is 13.4. The number of hydrogen-bond donors (Lipinski definition) is 3. The monoisotopic (exact) mass is 502 g/mol. The molecule has 186 valence electrons. The Balaban J connectivity index is 1.30. The molecule has 3 heterocycles. The molecular weight excluding hydrogens is 472 g/mol. The number of nitrogens with one attached hydrogen (secondary N) is 2. The maximum Gasteiger partial charge on any atom is 0.241 e. The van der Waals surface area contributed by atoms with Crippen LogP contribution < -0.4 is 10.2 Å². The van der Waals surface area contributed by atoms with Crippen LogP contribution in [0, 0.1) is 5.92 Å². The molecule has 1 aliphatic rings. The minimum atomic E-state index is -0.0499. The highest BCUT2D eigenvalue weighted by atomic mass is 32.2. The highest BCUT2D eigenvalue weighted by Gasteiger charge is 2.22. The molecular formula is C28H30N4O3S. The molecule has 0 saturated carbocycles. The van der Waals surface area contributed by atoms with Crippen molar-refractivity contribution < 1.29 is 14.6 Å². The van der Waals surface area contributed by atoms with Crippen LogP contribution in [0.3, 0.4) is 0 Å².